The van der Waals surface area contributed by atoms with E-state index in [1.165, 1.54) is 84.8 Å². The number of benzene rings is 3. The van der Waals surface area contributed by atoms with Crippen LogP contribution in [-0.4, -0.2) is 0 Å². The zero-order valence-electron chi connectivity index (χ0n) is 22.8. The number of allylic oxidation sites excluding steroid dienone is 4. The molecule has 3 aromatic carbocycles. The summed E-state index contributed by atoms with van der Waals surface area (Å²) in [6.07, 6.45) is 17.1. The van der Waals surface area contributed by atoms with Gasteiger partial charge in [0.25, 0.3) is 0 Å². The molecule has 4 unspecified atom stereocenters. The van der Waals surface area contributed by atoms with Gasteiger partial charge < -0.3 is 0 Å². The molecule has 0 aromatic heterocycles. The number of hydrogen-bond donors (Lipinski definition) is 0. The predicted octanol–water partition coefficient (Wildman–Crippen LogP) is 9.90. The highest BCUT2D eigenvalue weighted by atomic mass is 14.5. The van der Waals surface area contributed by atoms with E-state index in [1.54, 1.807) is 11.1 Å². The maximum absolute atomic E-state index is 2.52. The fourth-order valence-corrected chi connectivity index (χ4v) is 7.84. The summed E-state index contributed by atoms with van der Waals surface area (Å²) in [7, 11) is 0. The van der Waals surface area contributed by atoms with Crippen molar-refractivity contribution < 1.29 is 0 Å². The van der Waals surface area contributed by atoms with E-state index < -0.39 is 0 Å². The largest absolute Gasteiger partial charge is 0.0775 e. The molecule has 4 atom stereocenters. The number of rotatable bonds is 6. The Labute approximate surface area is 224 Å². The second-order valence-electron chi connectivity index (χ2n) is 12.2. The number of fused-ring (bicyclic) bond motifs is 1. The van der Waals surface area contributed by atoms with E-state index in [-0.39, 0.29) is 0 Å². The first-order chi connectivity index (χ1) is 18.1. The Morgan fingerprint density at radius 1 is 0.730 bits per heavy atom. The topological polar surface area (TPSA) is 0 Å². The van der Waals surface area contributed by atoms with E-state index in [2.05, 4.69) is 98.8 Å². The quantitative estimate of drug-likeness (QED) is 0.325. The first-order valence-corrected chi connectivity index (χ1v) is 14.7. The van der Waals surface area contributed by atoms with Crippen LogP contribution in [0.4, 0.5) is 0 Å². The van der Waals surface area contributed by atoms with Crippen molar-refractivity contribution in [3.63, 3.8) is 0 Å². The first kappa shape index (κ1) is 24.5. The van der Waals surface area contributed by atoms with Crippen LogP contribution in [0, 0.1) is 30.6 Å². The van der Waals surface area contributed by atoms with E-state index in [0.717, 1.165) is 30.1 Å². The molecule has 2 saturated carbocycles. The summed E-state index contributed by atoms with van der Waals surface area (Å²) in [6.45, 7) is 4.46. The summed E-state index contributed by atoms with van der Waals surface area (Å²) in [5.74, 6) is 3.57. The van der Waals surface area contributed by atoms with Crippen molar-refractivity contribution in [2.75, 3.05) is 0 Å². The van der Waals surface area contributed by atoms with E-state index in [1.807, 2.05) is 0 Å². The van der Waals surface area contributed by atoms with Crippen LogP contribution in [0.1, 0.15) is 74.1 Å². The van der Waals surface area contributed by atoms with Gasteiger partial charge in [-0.1, -0.05) is 114 Å². The molecule has 0 aliphatic heterocycles. The maximum Gasteiger partial charge on any atom is -0.00196 e. The number of aryl methyl sites for hydroxylation is 1. The fraction of sp³-hybridized carbons (Fsp3) is 0.405. The van der Waals surface area contributed by atoms with E-state index in [4.69, 9.17) is 0 Å². The predicted molar refractivity (Wildman–Crippen MR) is 158 cm³/mol. The van der Waals surface area contributed by atoms with Gasteiger partial charge in [-0.2, -0.15) is 0 Å². The minimum Gasteiger partial charge on any atom is -0.0775 e. The summed E-state index contributed by atoms with van der Waals surface area (Å²) in [5, 5.41) is 0. The number of hydrogen-bond acceptors (Lipinski definition) is 0. The third kappa shape index (κ3) is 5.40. The van der Waals surface area contributed by atoms with Crippen LogP contribution in [0.3, 0.4) is 0 Å². The van der Waals surface area contributed by atoms with Crippen molar-refractivity contribution in [3.05, 3.63) is 118 Å². The van der Waals surface area contributed by atoms with Crippen LogP contribution in [0.25, 0.3) is 11.1 Å². The lowest BCUT2D eigenvalue weighted by Gasteiger charge is -2.47. The van der Waals surface area contributed by atoms with Gasteiger partial charge in [0.2, 0.25) is 0 Å². The molecule has 3 aliphatic carbocycles. The SMILES string of the molecule is CC1=CCC(C2CCC(Cc3ccc(Cc4ccccc4-c4cccc(C)c4)cc3)C3CCCCC23)=C1. The average Bonchev–Trinajstić information content (AvgIpc) is 3.36. The van der Waals surface area contributed by atoms with E-state index in [0.29, 0.717) is 0 Å². The normalized spacial score (nSPS) is 25.4. The molecule has 0 saturated heterocycles. The monoisotopic (exact) mass is 486 g/mol. The van der Waals surface area contributed by atoms with Crippen LogP contribution in [0.15, 0.2) is 96.1 Å². The zero-order valence-corrected chi connectivity index (χ0v) is 22.8. The Bertz CT molecular complexity index is 1290. The van der Waals surface area contributed by atoms with Gasteiger partial charge in [-0.15, -0.1) is 0 Å². The Morgan fingerprint density at radius 3 is 2.30 bits per heavy atom. The van der Waals surface area contributed by atoms with Gasteiger partial charge in [-0.05, 0) is 110 Å². The van der Waals surface area contributed by atoms with Crippen molar-refractivity contribution in [3.8, 4) is 11.1 Å². The van der Waals surface area contributed by atoms with Crippen LogP contribution < -0.4 is 0 Å². The average molecular weight is 487 g/mol. The molecule has 0 nitrogen and oxygen atoms in total. The molecular formula is C37H42. The molecule has 6 rings (SSSR count). The molecule has 37 heavy (non-hydrogen) atoms. The summed E-state index contributed by atoms with van der Waals surface area (Å²) in [6, 6.07) is 27.5. The molecule has 190 valence electrons. The summed E-state index contributed by atoms with van der Waals surface area (Å²) < 4.78 is 0. The molecule has 0 spiro atoms. The molecule has 0 amide bonds. The zero-order chi connectivity index (χ0) is 25.2. The highest BCUT2D eigenvalue weighted by Gasteiger charge is 2.41. The Kier molecular flexibility index (Phi) is 7.18. The van der Waals surface area contributed by atoms with Gasteiger partial charge in [0.1, 0.15) is 0 Å². The van der Waals surface area contributed by atoms with Crippen molar-refractivity contribution in [1.82, 2.24) is 0 Å². The molecule has 3 aliphatic rings. The molecule has 3 aromatic rings. The van der Waals surface area contributed by atoms with Crippen LogP contribution in [-0.2, 0) is 12.8 Å². The summed E-state index contributed by atoms with van der Waals surface area (Å²) in [4.78, 5) is 0. The first-order valence-electron chi connectivity index (χ1n) is 14.7. The molecule has 0 heteroatoms. The van der Waals surface area contributed by atoms with Gasteiger partial charge in [0, 0.05) is 0 Å². The van der Waals surface area contributed by atoms with E-state index in [9.17, 15) is 0 Å². The third-order valence-corrected chi connectivity index (χ3v) is 9.66. The van der Waals surface area contributed by atoms with Gasteiger partial charge in [0.05, 0.1) is 0 Å². The lowest BCUT2D eigenvalue weighted by Crippen LogP contribution is -2.38. The van der Waals surface area contributed by atoms with Crippen molar-refractivity contribution >= 4 is 0 Å². The third-order valence-electron chi connectivity index (χ3n) is 9.66. The molecular weight excluding hydrogens is 444 g/mol. The van der Waals surface area contributed by atoms with Crippen LogP contribution >= 0.6 is 0 Å². The second kappa shape index (κ2) is 10.9. The molecule has 0 bridgehead atoms. The van der Waals surface area contributed by atoms with E-state index >= 15 is 0 Å². The fourth-order valence-electron chi connectivity index (χ4n) is 7.84. The van der Waals surface area contributed by atoms with Gasteiger partial charge in [-0.3, -0.25) is 0 Å². The minimum atomic E-state index is 0.853. The molecule has 0 radical (unpaired) electrons. The van der Waals surface area contributed by atoms with Crippen molar-refractivity contribution in [1.29, 1.82) is 0 Å². The Balaban J connectivity index is 1.14. The summed E-state index contributed by atoms with van der Waals surface area (Å²) >= 11 is 0. The van der Waals surface area contributed by atoms with Crippen molar-refractivity contribution in [2.24, 2.45) is 23.7 Å². The van der Waals surface area contributed by atoms with Crippen molar-refractivity contribution in [2.45, 2.75) is 71.6 Å². The Hall–Kier alpha value is -2.86. The standard InChI is InChI=1S/C37H42/c1-26-8-7-10-30(22-26)34-11-4-3-9-31(34)24-28-15-17-29(18-16-28)25-33-20-21-36(32-19-14-27(2)23-32)37-13-6-5-12-35(33)37/h3-4,7-11,14-18,22-23,33,35-37H,5-6,12-13,19-21,24-25H2,1-2H3. The van der Waals surface area contributed by atoms with Gasteiger partial charge >= 0.3 is 0 Å². The highest BCUT2D eigenvalue weighted by molar-refractivity contribution is 5.68. The lowest BCUT2D eigenvalue weighted by molar-refractivity contribution is 0.0651. The molecule has 0 N–H and O–H groups in total. The lowest BCUT2D eigenvalue weighted by atomic mass is 9.58. The Morgan fingerprint density at radius 2 is 1.51 bits per heavy atom. The summed E-state index contributed by atoms with van der Waals surface area (Å²) in [5.41, 5.74) is 11.6. The highest BCUT2D eigenvalue weighted by Crippen LogP contribution is 2.51. The smallest absolute Gasteiger partial charge is 0.00196 e. The van der Waals surface area contributed by atoms with Gasteiger partial charge in [-0.25, -0.2) is 0 Å². The minimum absolute atomic E-state index is 0.853. The van der Waals surface area contributed by atoms with Crippen LogP contribution in [0.5, 0.6) is 0 Å². The molecule has 0 heterocycles. The maximum atomic E-state index is 2.52. The van der Waals surface area contributed by atoms with Crippen LogP contribution in [0.2, 0.25) is 0 Å². The second-order valence-corrected chi connectivity index (χ2v) is 12.2. The van der Waals surface area contributed by atoms with Gasteiger partial charge in [0.15, 0.2) is 0 Å². The molecule has 2 fully saturated rings.